The summed E-state index contributed by atoms with van der Waals surface area (Å²) in [4.78, 5) is 4.75. The Morgan fingerprint density at radius 1 is 1.16 bits per heavy atom. The molecule has 0 bridgehead atoms. The zero-order valence-electron chi connectivity index (χ0n) is 12.3. The Kier molecular flexibility index (Phi) is 4.19. The minimum atomic E-state index is -0.0728. The normalized spacial score (nSPS) is 13.9. The summed E-state index contributed by atoms with van der Waals surface area (Å²) in [7, 11) is 0. The van der Waals surface area contributed by atoms with E-state index in [4.69, 9.17) is 16.6 Å². The van der Waals surface area contributed by atoms with Crippen molar-refractivity contribution < 1.29 is 0 Å². The SMILES string of the molecule is CCC(CC)(CC)n1c(C(C)Cl)nc2ccccc21. The Hall–Kier alpha value is -1.02. The maximum Gasteiger partial charge on any atom is 0.128 e. The zero-order valence-corrected chi connectivity index (χ0v) is 13.0. The number of nitrogens with zero attached hydrogens (tertiary/aromatic N) is 2. The van der Waals surface area contributed by atoms with Gasteiger partial charge in [-0.2, -0.15) is 0 Å². The van der Waals surface area contributed by atoms with E-state index in [-0.39, 0.29) is 10.9 Å². The third kappa shape index (κ3) is 2.27. The molecule has 0 N–H and O–H groups in total. The molecule has 0 amide bonds. The third-order valence-corrected chi connectivity index (χ3v) is 4.59. The Morgan fingerprint density at radius 2 is 1.74 bits per heavy atom. The lowest BCUT2D eigenvalue weighted by Gasteiger charge is -2.35. The van der Waals surface area contributed by atoms with Crippen molar-refractivity contribution in [3.8, 4) is 0 Å². The lowest BCUT2D eigenvalue weighted by molar-refractivity contribution is 0.251. The molecule has 2 rings (SSSR count). The molecule has 0 radical (unpaired) electrons. The van der Waals surface area contributed by atoms with Crippen LogP contribution in [0.3, 0.4) is 0 Å². The van der Waals surface area contributed by atoms with Crippen molar-refractivity contribution in [2.45, 2.75) is 57.9 Å². The second-order valence-corrected chi connectivity index (χ2v) is 5.85. The number of hydrogen-bond donors (Lipinski definition) is 0. The highest BCUT2D eigenvalue weighted by molar-refractivity contribution is 6.20. The van der Waals surface area contributed by atoms with Crippen LogP contribution >= 0.6 is 11.6 Å². The predicted molar refractivity (Wildman–Crippen MR) is 82.8 cm³/mol. The molecule has 1 heterocycles. The van der Waals surface area contributed by atoms with Gasteiger partial charge in [-0.1, -0.05) is 32.9 Å². The smallest absolute Gasteiger partial charge is 0.128 e. The van der Waals surface area contributed by atoms with Crippen LogP contribution in [0.4, 0.5) is 0 Å². The highest BCUT2D eigenvalue weighted by Crippen LogP contribution is 2.37. The number of aromatic nitrogens is 2. The van der Waals surface area contributed by atoms with Crippen LogP contribution < -0.4 is 0 Å². The van der Waals surface area contributed by atoms with Crippen LogP contribution in [0, 0.1) is 0 Å². The first-order valence-corrected chi connectivity index (χ1v) is 7.65. The molecule has 0 aliphatic rings. The monoisotopic (exact) mass is 278 g/mol. The number of hydrogen-bond acceptors (Lipinski definition) is 1. The molecule has 19 heavy (non-hydrogen) atoms. The van der Waals surface area contributed by atoms with Crippen LogP contribution in [0.5, 0.6) is 0 Å². The van der Waals surface area contributed by atoms with Crippen molar-refractivity contribution in [2.24, 2.45) is 0 Å². The summed E-state index contributed by atoms with van der Waals surface area (Å²) in [6.45, 7) is 8.77. The fourth-order valence-corrected chi connectivity index (χ4v) is 3.18. The van der Waals surface area contributed by atoms with Crippen molar-refractivity contribution in [1.29, 1.82) is 0 Å². The van der Waals surface area contributed by atoms with E-state index in [1.165, 1.54) is 5.52 Å². The molecular formula is C16H23ClN2. The van der Waals surface area contributed by atoms with Crippen LogP contribution in [-0.2, 0) is 5.54 Å². The van der Waals surface area contributed by atoms with Crippen molar-refractivity contribution in [1.82, 2.24) is 9.55 Å². The van der Waals surface area contributed by atoms with Crippen LogP contribution in [0.25, 0.3) is 11.0 Å². The van der Waals surface area contributed by atoms with Crippen LogP contribution in [0.2, 0.25) is 0 Å². The van der Waals surface area contributed by atoms with Crippen LogP contribution in [0.15, 0.2) is 24.3 Å². The standard InChI is InChI=1S/C16H23ClN2/c1-5-16(6-2,7-3)19-14-11-9-8-10-13(14)18-15(19)12(4)17/h8-12H,5-7H2,1-4H3. The van der Waals surface area contributed by atoms with E-state index in [2.05, 4.69) is 43.5 Å². The molecule has 3 heteroatoms. The second kappa shape index (κ2) is 5.54. The zero-order chi connectivity index (χ0) is 14.0. The molecule has 1 aromatic carbocycles. The van der Waals surface area contributed by atoms with E-state index in [0.717, 1.165) is 30.6 Å². The van der Waals surface area contributed by atoms with E-state index in [1.54, 1.807) is 0 Å². The van der Waals surface area contributed by atoms with Gasteiger partial charge in [0.2, 0.25) is 0 Å². The molecule has 0 fully saturated rings. The van der Waals surface area contributed by atoms with E-state index in [0.29, 0.717) is 0 Å². The lowest BCUT2D eigenvalue weighted by Crippen LogP contribution is -2.33. The maximum atomic E-state index is 6.37. The fourth-order valence-electron chi connectivity index (χ4n) is 3.03. The molecule has 0 spiro atoms. The molecule has 2 aromatic rings. The first kappa shape index (κ1) is 14.4. The van der Waals surface area contributed by atoms with Crippen molar-refractivity contribution in [3.63, 3.8) is 0 Å². The topological polar surface area (TPSA) is 17.8 Å². The summed E-state index contributed by atoms with van der Waals surface area (Å²) < 4.78 is 2.39. The molecule has 1 atom stereocenters. The number of halogens is 1. The number of benzene rings is 1. The minimum Gasteiger partial charge on any atom is -0.321 e. The van der Waals surface area contributed by atoms with E-state index >= 15 is 0 Å². The quantitative estimate of drug-likeness (QED) is 0.682. The lowest BCUT2D eigenvalue weighted by atomic mass is 9.89. The molecule has 0 aliphatic carbocycles. The molecular weight excluding hydrogens is 256 g/mol. The molecule has 0 aliphatic heterocycles. The van der Waals surface area contributed by atoms with Gasteiger partial charge in [0.05, 0.1) is 16.4 Å². The summed E-state index contributed by atoms with van der Waals surface area (Å²) in [6.07, 6.45) is 3.28. The van der Waals surface area contributed by atoms with Gasteiger partial charge in [0.1, 0.15) is 5.82 Å². The van der Waals surface area contributed by atoms with Crippen molar-refractivity contribution in [2.75, 3.05) is 0 Å². The number of imidazole rings is 1. The number of para-hydroxylation sites is 2. The molecule has 0 saturated carbocycles. The van der Waals surface area contributed by atoms with E-state index < -0.39 is 0 Å². The van der Waals surface area contributed by atoms with E-state index in [9.17, 15) is 0 Å². The maximum absolute atomic E-state index is 6.37. The summed E-state index contributed by atoms with van der Waals surface area (Å²) in [6, 6.07) is 8.34. The second-order valence-electron chi connectivity index (χ2n) is 5.20. The average molecular weight is 279 g/mol. The van der Waals surface area contributed by atoms with Gasteiger partial charge >= 0.3 is 0 Å². The fraction of sp³-hybridized carbons (Fsp3) is 0.562. The van der Waals surface area contributed by atoms with Gasteiger partial charge in [0, 0.05) is 5.54 Å². The van der Waals surface area contributed by atoms with Crippen LogP contribution in [0.1, 0.15) is 58.2 Å². The van der Waals surface area contributed by atoms with Crippen molar-refractivity contribution in [3.05, 3.63) is 30.1 Å². The molecule has 1 aromatic heterocycles. The van der Waals surface area contributed by atoms with Crippen molar-refractivity contribution >= 4 is 22.6 Å². The Morgan fingerprint density at radius 3 is 2.26 bits per heavy atom. The largest absolute Gasteiger partial charge is 0.321 e. The Labute approximate surface area is 120 Å². The van der Waals surface area contributed by atoms with Crippen LogP contribution in [-0.4, -0.2) is 9.55 Å². The number of fused-ring (bicyclic) bond motifs is 1. The first-order valence-electron chi connectivity index (χ1n) is 7.21. The van der Waals surface area contributed by atoms with Gasteiger partial charge in [-0.15, -0.1) is 11.6 Å². The van der Waals surface area contributed by atoms with Gasteiger partial charge in [0.15, 0.2) is 0 Å². The Balaban J connectivity index is 2.78. The number of alkyl halides is 1. The predicted octanol–water partition coefficient (Wildman–Crippen LogP) is 5.26. The van der Waals surface area contributed by atoms with Gasteiger partial charge in [-0.25, -0.2) is 4.98 Å². The summed E-state index contributed by atoms with van der Waals surface area (Å²) in [5.41, 5.74) is 2.37. The molecule has 104 valence electrons. The van der Waals surface area contributed by atoms with E-state index in [1.807, 2.05) is 13.0 Å². The third-order valence-electron chi connectivity index (χ3n) is 4.39. The van der Waals surface area contributed by atoms with Gasteiger partial charge in [0.25, 0.3) is 0 Å². The summed E-state index contributed by atoms with van der Waals surface area (Å²) in [5.74, 6) is 0.994. The average Bonchev–Trinajstić information content (AvgIpc) is 2.82. The van der Waals surface area contributed by atoms with Gasteiger partial charge in [-0.3, -0.25) is 0 Å². The molecule has 0 saturated heterocycles. The highest BCUT2D eigenvalue weighted by Gasteiger charge is 2.31. The first-order chi connectivity index (χ1) is 9.09. The Bertz CT molecular complexity index is 545. The molecule has 2 nitrogen and oxygen atoms in total. The number of rotatable bonds is 5. The molecule has 1 unspecified atom stereocenters. The summed E-state index contributed by atoms with van der Waals surface area (Å²) in [5, 5.41) is -0.0728. The summed E-state index contributed by atoms with van der Waals surface area (Å²) >= 11 is 6.37. The van der Waals surface area contributed by atoms with Gasteiger partial charge < -0.3 is 4.57 Å². The highest BCUT2D eigenvalue weighted by atomic mass is 35.5. The van der Waals surface area contributed by atoms with Gasteiger partial charge in [-0.05, 0) is 38.3 Å². The minimum absolute atomic E-state index is 0.0728.